The summed E-state index contributed by atoms with van der Waals surface area (Å²) in [7, 11) is -4.24. The predicted molar refractivity (Wildman–Crippen MR) is 140 cm³/mol. The van der Waals surface area contributed by atoms with E-state index in [0.717, 1.165) is 22.9 Å². The molecular formula is C26H28N6O3S. The monoisotopic (exact) mass is 504 g/mol. The second-order valence-corrected chi connectivity index (χ2v) is 11.5. The number of amides is 1. The standard InChI is InChI=1S/C26H28N6O3S/c1-16-14-26(2,3)32(15-16)24-19(25(33)31-36(34,35)22-8-5-12-29-23(22)27)9-10-21(30-24)17-6-4-7-20-18(17)11-13-28-20/h4-13,16,28H,14-15H2,1-3H3,(H2,27,29)(H,31,33)/t16-/m0/s1. The number of hydrogen-bond acceptors (Lipinski definition) is 7. The Morgan fingerprint density at radius 2 is 1.97 bits per heavy atom. The smallest absolute Gasteiger partial charge is 0.268 e. The van der Waals surface area contributed by atoms with Crippen LogP contribution in [0.4, 0.5) is 11.6 Å². The number of sulfonamides is 1. The van der Waals surface area contributed by atoms with E-state index in [2.05, 4.69) is 40.4 Å². The molecule has 1 atom stereocenters. The SMILES string of the molecule is C[C@@H]1CN(c2nc(-c3cccc4[nH]ccc34)ccc2C(=O)NS(=O)(=O)c2cccnc2N)C(C)(C)C1. The number of carbonyl (C=O) groups excluding carboxylic acids is 1. The van der Waals surface area contributed by atoms with Crippen LogP contribution in [-0.2, 0) is 10.0 Å². The maximum Gasteiger partial charge on any atom is 0.268 e. The van der Waals surface area contributed by atoms with Crippen LogP contribution < -0.4 is 15.4 Å². The van der Waals surface area contributed by atoms with Gasteiger partial charge in [-0.05, 0) is 62.6 Å². The van der Waals surface area contributed by atoms with E-state index in [4.69, 9.17) is 10.7 Å². The molecule has 5 rings (SSSR count). The molecule has 10 heteroatoms. The van der Waals surface area contributed by atoms with Crippen molar-refractivity contribution in [2.24, 2.45) is 5.92 Å². The maximum absolute atomic E-state index is 13.4. The summed E-state index contributed by atoms with van der Waals surface area (Å²) in [6.07, 6.45) is 4.17. The van der Waals surface area contributed by atoms with Crippen molar-refractivity contribution in [3.8, 4) is 11.3 Å². The zero-order valence-corrected chi connectivity index (χ0v) is 21.1. The summed E-state index contributed by atoms with van der Waals surface area (Å²) < 4.78 is 28.1. The first-order valence-corrected chi connectivity index (χ1v) is 13.2. The number of aromatic nitrogens is 3. The Balaban J connectivity index is 1.61. The Kier molecular flexibility index (Phi) is 5.71. The van der Waals surface area contributed by atoms with Gasteiger partial charge >= 0.3 is 0 Å². The van der Waals surface area contributed by atoms with Crippen LogP contribution in [0.5, 0.6) is 0 Å². The number of nitrogens with two attached hydrogens (primary N) is 1. The number of nitrogens with zero attached hydrogens (tertiary/aromatic N) is 3. The third-order valence-corrected chi connectivity index (χ3v) is 8.01. The zero-order valence-electron chi connectivity index (χ0n) is 20.3. The topological polar surface area (TPSA) is 134 Å². The number of hydrogen-bond donors (Lipinski definition) is 3. The van der Waals surface area contributed by atoms with Gasteiger partial charge < -0.3 is 15.6 Å². The van der Waals surface area contributed by atoms with Crippen LogP contribution >= 0.6 is 0 Å². The van der Waals surface area contributed by atoms with Gasteiger partial charge in [-0.15, -0.1) is 0 Å². The number of nitrogen functional groups attached to an aromatic ring is 1. The van der Waals surface area contributed by atoms with Crippen LogP contribution in [0.15, 0.2) is 65.8 Å². The van der Waals surface area contributed by atoms with Gasteiger partial charge in [-0.1, -0.05) is 19.1 Å². The number of anilines is 2. The first-order valence-electron chi connectivity index (χ1n) is 11.7. The fourth-order valence-electron chi connectivity index (χ4n) is 5.11. The van der Waals surface area contributed by atoms with Gasteiger partial charge in [-0.25, -0.2) is 23.1 Å². The summed E-state index contributed by atoms with van der Waals surface area (Å²) >= 11 is 0. The summed E-state index contributed by atoms with van der Waals surface area (Å²) in [6.45, 7) is 7.06. The highest BCUT2D eigenvalue weighted by molar-refractivity contribution is 7.90. The molecule has 4 N–H and O–H groups in total. The van der Waals surface area contributed by atoms with E-state index in [1.54, 1.807) is 12.1 Å². The van der Waals surface area contributed by atoms with Crippen molar-refractivity contribution < 1.29 is 13.2 Å². The van der Waals surface area contributed by atoms with Crippen molar-refractivity contribution >= 4 is 38.5 Å². The number of fused-ring (bicyclic) bond motifs is 1. The molecule has 0 spiro atoms. The average Bonchev–Trinajstić information content (AvgIpc) is 3.41. The van der Waals surface area contributed by atoms with Crippen LogP contribution in [0.25, 0.3) is 22.2 Å². The van der Waals surface area contributed by atoms with E-state index >= 15 is 0 Å². The molecule has 1 amide bonds. The maximum atomic E-state index is 13.4. The molecule has 9 nitrogen and oxygen atoms in total. The van der Waals surface area contributed by atoms with Crippen molar-refractivity contribution in [2.75, 3.05) is 17.2 Å². The summed E-state index contributed by atoms with van der Waals surface area (Å²) in [4.78, 5) is 27.2. The minimum atomic E-state index is -4.24. The molecule has 0 saturated carbocycles. The molecule has 1 aromatic carbocycles. The van der Waals surface area contributed by atoms with Crippen LogP contribution in [0.1, 0.15) is 37.6 Å². The Bertz CT molecular complexity index is 1580. The molecule has 0 aliphatic carbocycles. The van der Waals surface area contributed by atoms with Crippen LogP contribution in [0.3, 0.4) is 0 Å². The number of rotatable bonds is 5. The molecule has 1 saturated heterocycles. The Morgan fingerprint density at radius 3 is 2.69 bits per heavy atom. The largest absolute Gasteiger partial charge is 0.383 e. The van der Waals surface area contributed by atoms with Crippen molar-refractivity contribution in [3.63, 3.8) is 0 Å². The fourth-order valence-corrected chi connectivity index (χ4v) is 6.16. The molecule has 3 aromatic heterocycles. The highest BCUT2D eigenvalue weighted by atomic mass is 32.2. The van der Waals surface area contributed by atoms with Gasteiger partial charge in [-0.2, -0.15) is 0 Å². The van der Waals surface area contributed by atoms with Gasteiger partial charge in [0.2, 0.25) is 0 Å². The predicted octanol–water partition coefficient (Wildman–Crippen LogP) is 3.95. The first kappa shape index (κ1) is 23.8. The molecule has 186 valence electrons. The Morgan fingerprint density at radius 1 is 1.17 bits per heavy atom. The third-order valence-electron chi connectivity index (χ3n) is 6.64. The molecule has 4 aromatic rings. The van der Waals surface area contributed by atoms with Crippen molar-refractivity contribution in [2.45, 2.75) is 37.6 Å². The minimum Gasteiger partial charge on any atom is -0.383 e. The normalized spacial score (nSPS) is 17.4. The van der Waals surface area contributed by atoms with Gasteiger partial charge in [0.05, 0.1) is 11.3 Å². The molecule has 0 bridgehead atoms. The quantitative estimate of drug-likeness (QED) is 0.375. The second kappa shape index (κ2) is 8.63. The highest BCUT2D eigenvalue weighted by Gasteiger charge is 2.39. The van der Waals surface area contributed by atoms with Crippen molar-refractivity contribution in [1.82, 2.24) is 19.7 Å². The van der Waals surface area contributed by atoms with Gasteiger partial charge in [0, 0.05) is 40.9 Å². The summed E-state index contributed by atoms with van der Waals surface area (Å²) in [5.41, 5.74) is 8.26. The summed E-state index contributed by atoms with van der Waals surface area (Å²) in [5, 5.41) is 1.01. The Hall–Kier alpha value is -3.92. The molecule has 4 heterocycles. The summed E-state index contributed by atoms with van der Waals surface area (Å²) in [5.74, 6) is -0.127. The average molecular weight is 505 g/mol. The third kappa shape index (κ3) is 4.17. The van der Waals surface area contributed by atoms with E-state index in [1.807, 2.05) is 30.5 Å². The van der Waals surface area contributed by atoms with E-state index in [1.165, 1.54) is 18.3 Å². The number of nitrogens with one attached hydrogen (secondary N) is 2. The van der Waals surface area contributed by atoms with Crippen molar-refractivity contribution in [3.05, 3.63) is 66.5 Å². The lowest BCUT2D eigenvalue weighted by molar-refractivity contribution is 0.0981. The lowest BCUT2D eigenvalue weighted by Gasteiger charge is -2.34. The highest BCUT2D eigenvalue weighted by Crippen LogP contribution is 2.39. The molecule has 0 radical (unpaired) electrons. The molecule has 1 aliphatic rings. The lowest BCUT2D eigenvalue weighted by atomic mass is 9.97. The van der Waals surface area contributed by atoms with E-state index < -0.39 is 15.9 Å². The van der Waals surface area contributed by atoms with Crippen LogP contribution in [-0.4, -0.2) is 41.4 Å². The number of carbonyl (C=O) groups is 1. The van der Waals surface area contributed by atoms with Gasteiger partial charge in [-0.3, -0.25) is 4.79 Å². The fraction of sp³-hybridized carbons (Fsp3) is 0.269. The van der Waals surface area contributed by atoms with E-state index in [9.17, 15) is 13.2 Å². The molecule has 36 heavy (non-hydrogen) atoms. The van der Waals surface area contributed by atoms with Gasteiger partial charge in [0.25, 0.3) is 15.9 Å². The van der Waals surface area contributed by atoms with E-state index in [0.29, 0.717) is 24.0 Å². The molecule has 0 unspecified atom stereocenters. The van der Waals surface area contributed by atoms with E-state index in [-0.39, 0.29) is 21.8 Å². The van der Waals surface area contributed by atoms with Gasteiger partial charge in [0.1, 0.15) is 16.5 Å². The van der Waals surface area contributed by atoms with Gasteiger partial charge in [0.15, 0.2) is 0 Å². The number of benzene rings is 1. The minimum absolute atomic E-state index is 0.174. The van der Waals surface area contributed by atoms with Crippen LogP contribution in [0.2, 0.25) is 0 Å². The first-order chi connectivity index (χ1) is 17.1. The number of pyridine rings is 2. The summed E-state index contributed by atoms with van der Waals surface area (Å²) in [6, 6.07) is 14.0. The zero-order chi connectivity index (χ0) is 25.7. The second-order valence-electron chi connectivity index (χ2n) is 9.87. The number of aromatic amines is 1. The van der Waals surface area contributed by atoms with Crippen molar-refractivity contribution in [1.29, 1.82) is 0 Å². The molecule has 1 fully saturated rings. The number of H-pyrrole nitrogens is 1. The van der Waals surface area contributed by atoms with Crippen LogP contribution in [0, 0.1) is 5.92 Å². The molecular weight excluding hydrogens is 476 g/mol. The Labute approximate surface area is 209 Å². The lowest BCUT2D eigenvalue weighted by Crippen LogP contribution is -2.41. The molecule has 1 aliphatic heterocycles.